The van der Waals surface area contributed by atoms with Gasteiger partial charge >= 0.3 is 25.7 Å². The third-order valence-corrected chi connectivity index (χ3v) is 2.77. The summed E-state index contributed by atoms with van der Waals surface area (Å²) in [5.74, 6) is -3.99. The Morgan fingerprint density at radius 3 is 1.52 bits per heavy atom. The molecule has 4 unspecified atom stereocenters. The van der Waals surface area contributed by atoms with Gasteiger partial charge in [0.05, 0.1) is 19.4 Å². The van der Waals surface area contributed by atoms with Gasteiger partial charge in [-0.15, -0.1) is 0 Å². The van der Waals surface area contributed by atoms with E-state index in [2.05, 4.69) is 4.52 Å². The lowest BCUT2D eigenvalue weighted by Crippen LogP contribution is -2.48. The topological polar surface area (TPSA) is 260 Å². The van der Waals surface area contributed by atoms with Crippen molar-refractivity contribution in [2.75, 3.05) is 6.61 Å². The molecular weight excluding hydrogens is 375 g/mol. The minimum absolute atomic E-state index is 0.296. The summed E-state index contributed by atoms with van der Waals surface area (Å²) in [5.41, 5.74) is 0. The number of carboxylic acid groups (broad SMARTS) is 3. The summed E-state index contributed by atoms with van der Waals surface area (Å²) in [6.45, 7) is -1.05. The fraction of sp³-hybridized carbons (Fsp3) is 0.700. The Labute approximate surface area is 139 Å². The summed E-state index contributed by atoms with van der Waals surface area (Å²) < 4.78 is 14.1. The summed E-state index contributed by atoms with van der Waals surface area (Å²) in [5, 5.41) is 60.2. The van der Waals surface area contributed by atoms with Crippen molar-refractivity contribution in [1.29, 1.82) is 0 Å². The Bertz CT molecular complexity index is 472. The molecule has 0 aromatic heterocycles. The normalized spacial score (nSPS) is 15.9. The molecule has 0 aromatic rings. The average Bonchev–Trinajstić information content (AvgIpc) is 2.48. The van der Waals surface area contributed by atoms with Crippen LogP contribution in [0.2, 0.25) is 0 Å². The van der Waals surface area contributed by atoms with Gasteiger partial charge in [0.2, 0.25) is 0 Å². The maximum atomic E-state index is 10.2. The lowest BCUT2D eigenvalue weighted by molar-refractivity contribution is -0.164. The highest BCUT2D eigenvalue weighted by molar-refractivity contribution is 7.46. The number of hydrogen-bond donors (Lipinski definition) is 9. The van der Waals surface area contributed by atoms with Crippen LogP contribution in [0.5, 0.6) is 0 Å². The molecule has 0 aliphatic carbocycles. The van der Waals surface area contributed by atoms with Crippen molar-refractivity contribution in [2.24, 2.45) is 0 Å². The van der Waals surface area contributed by atoms with Crippen molar-refractivity contribution in [3.05, 3.63) is 0 Å². The second-order valence-corrected chi connectivity index (χ2v) is 5.64. The molecular formula is C10H19O14P. The molecule has 0 aliphatic rings. The maximum absolute atomic E-state index is 10.2. The number of aliphatic hydroxyl groups excluding tert-OH is 4. The molecule has 0 aromatic carbocycles. The van der Waals surface area contributed by atoms with Crippen molar-refractivity contribution in [3.8, 4) is 0 Å². The fourth-order valence-electron chi connectivity index (χ4n) is 1.05. The van der Waals surface area contributed by atoms with E-state index in [9.17, 15) is 18.9 Å². The van der Waals surface area contributed by atoms with E-state index in [-0.39, 0.29) is 12.8 Å². The minimum Gasteiger partial charge on any atom is -0.481 e. The van der Waals surface area contributed by atoms with Gasteiger partial charge in [-0.2, -0.15) is 0 Å². The standard InChI is InChI=1S/C6H13O10P.C4H6O4/c7-2(1-16-17(13,14)15)3(8)4(9)5(10)6(11)12;5-3(6)1-2-4(7)8/h2-5,7-10H,1H2,(H,11,12)(H2,13,14,15);1-2H2,(H,5,6)(H,7,8). The summed E-state index contributed by atoms with van der Waals surface area (Å²) in [6.07, 6.45) is -9.30. The monoisotopic (exact) mass is 394 g/mol. The first-order valence-electron chi connectivity index (χ1n) is 6.27. The van der Waals surface area contributed by atoms with Crippen molar-refractivity contribution >= 4 is 25.7 Å². The number of aliphatic hydroxyl groups is 4. The van der Waals surface area contributed by atoms with Crippen LogP contribution in [-0.4, -0.2) is 94.5 Å². The fourth-order valence-corrected chi connectivity index (χ4v) is 1.39. The van der Waals surface area contributed by atoms with Gasteiger partial charge in [0.25, 0.3) is 0 Å². The summed E-state index contributed by atoms with van der Waals surface area (Å²) >= 11 is 0. The van der Waals surface area contributed by atoms with Crippen molar-refractivity contribution < 1.29 is 69.0 Å². The van der Waals surface area contributed by atoms with E-state index in [1.807, 2.05) is 0 Å². The number of rotatable bonds is 10. The van der Waals surface area contributed by atoms with Crippen LogP contribution in [0, 0.1) is 0 Å². The molecule has 9 N–H and O–H groups in total. The van der Waals surface area contributed by atoms with E-state index in [1.54, 1.807) is 0 Å². The van der Waals surface area contributed by atoms with E-state index in [0.29, 0.717) is 0 Å². The molecule has 0 aliphatic heterocycles. The molecule has 0 heterocycles. The van der Waals surface area contributed by atoms with E-state index in [4.69, 9.17) is 45.5 Å². The van der Waals surface area contributed by atoms with E-state index in [1.165, 1.54) is 0 Å². The van der Waals surface area contributed by atoms with Crippen LogP contribution in [0.3, 0.4) is 0 Å². The Hall–Kier alpha value is -1.64. The Morgan fingerprint density at radius 2 is 1.24 bits per heavy atom. The molecule has 15 heteroatoms. The number of carboxylic acids is 3. The van der Waals surface area contributed by atoms with Gasteiger partial charge in [-0.05, 0) is 0 Å². The zero-order valence-electron chi connectivity index (χ0n) is 12.4. The third kappa shape index (κ3) is 14.4. The highest BCUT2D eigenvalue weighted by Crippen LogP contribution is 2.35. The second kappa shape index (κ2) is 11.8. The number of hydrogen-bond acceptors (Lipinski definition) is 9. The molecule has 14 nitrogen and oxygen atoms in total. The predicted molar refractivity (Wildman–Crippen MR) is 74.2 cm³/mol. The molecule has 0 saturated heterocycles. The lowest BCUT2D eigenvalue weighted by Gasteiger charge is -2.24. The van der Waals surface area contributed by atoms with E-state index < -0.39 is 56.8 Å². The number of phosphoric ester groups is 1. The summed E-state index contributed by atoms with van der Waals surface area (Å²) in [6, 6.07) is 0. The Balaban J connectivity index is 0. The highest BCUT2D eigenvalue weighted by Gasteiger charge is 2.35. The van der Waals surface area contributed by atoms with Gasteiger partial charge in [-0.1, -0.05) is 0 Å². The van der Waals surface area contributed by atoms with Crippen LogP contribution in [0.15, 0.2) is 0 Å². The molecule has 0 amide bonds. The molecule has 0 rings (SSSR count). The van der Waals surface area contributed by atoms with Crippen molar-refractivity contribution in [1.82, 2.24) is 0 Å². The minimum atomic E-state index is -4.86. The van der Waals surface area contributed by atoms with Gasteiger partial charge in [0, 0.05) is 0 Å². The molecule has 0 bridgehead atoms. The number of carbonyl (C=O) groups is 3. The summed E-state index contributed by atoms with van der Waals surface area (Å²) in [4.78, 5) is 46.1. The first kappa shape index (κ1) is 25.6. The summed E-state index contributed by atoms with van der Waals surface area (Å²) in [7, 11) is -4.86. The van der Waals surface area contributed by atoms with E-state index in [0.717, 1.165) is 0 Å². The quantitative estimate of drug-likeness (QED) is 0.163. The number of aliphatic carboxylic acids is 3. The van der Waals surface area contributed by atoms with E-state index >= 15 is 0 Å². The van der Waals surface area contributed by atoms with Crippen LogP contribution in [0.4, 0.5) is 0 Å². The van der Waals surface area contributed by atoms with Crippen LogP contribution >= 0.6 is 7.82 Å². The lowest BCUT2D eigenvalue weighted by atomic mass is 10.0. The van der Waals surface area contributed by atoms with Crippen LogP contribution < -0.4 is 0 Å². The molecule has 0 radical (unpaired) electrons. The largest absolute Gasteiger partial charge is 0.481 e. The molecule has 148 valence electrons. The zero-order valence-corrected chi connectivity index (χ0v) is 13.3. The first-order chi connectivity index (χ1) is 11.2. The predicted octanol–water partition coefficient (Wildman–Crippen LogP) is -3.44. The first-order valence-corrected chi connectivity index (χ1v) is 7.80. The second-order valence-electron chi connectivity index (χ2n) is 4.41. The molecule has 0 spiro atoms. The van der Waals surface area contributed by atoms with Gasteiger partial charge in [0.15, 0.2) is 6.10 Å². The zero-order chi connectivity index (χ0) is 20.4. The Kier molecular flexibility index (Phi) is 12.1. The molecule has 4 atom stereocenters. The third-order valence-electron chi connectivity index (χ3n) is 2.29. The molecule has 0 saturated carbocycles. The van der Waals surface area contributed by atoms with Gasteiger partial charge in [-0.25, -0.2) is 9.36 Å². The van der Waals surface area contributed by atoms with Crippen LogP contribution in [0.1, 0.15) is 12.8 Å². The SMILES string of the molecule is O=C(O)C(O)C(O)C(O)C(O)COP(=O)(O)O.O=C(O)CCC(=O)O. The van der Waals surface area contributed by atoms with Gasteiger partial charge in [-0.3, -0.25) is 14.1 Å². The van der Waals surface area contributed by atoms with Crippen molar-refractivity contribution in [3.63, 3.8) is 0 Å². The Morgan fingerprint density at radius 1 is 0.840 bits per heavy atom. The van der Waals surface area contributed by atoms with Gasteiger partial charge < -0.3 is 45.5 Å². The highest BCUT2D eigenvalue weighted by atomic mass is 31.2. The average molecular weight is 394 g/mol. The number of phosphoric acid groups is 1. The molecule has 0 fully saturated rings. The van der Waals surface area contributed by atoms with Crippen molar-refractivity contribution in [2.45, 2.75) is 37.3 Å². The maximum Gasteiger partial charge on any atom is 0.469 e. The van der Waals surface area contributed by atoms with Gasteiger partial charge in [0.1, 0.15) is 18.3 Å². The van der Waals surface area contributed by atoms with Crippen LogP contribution in [0.25, 0.3) is 0 Å². The smallest absolute Gasteiger partial charge is 0.469 e. The van der Waals surface area contributed by atoms with Crippen LogP contribution in [-0.2, 0) is 23.5 Å². The molecule has 25 heavy (non-hydrogen) atoms.